The summed E-state index contributed by atoms with van der Waals surface area (Å²) < 4.78 is 35.3. The van der Waals surface area contributed by atoms with Crippen molar-refractivity contribution >= 4 is 21.9 Å². The number of rotatable bonds is 4. The molecule has 32 heavy (non-hydrogen) atoms. The van der Waals surface area contributed by atoms with E-state index in [1.807, 2.05) is 6.92 Å². The smallest absolute Gasteiger partial charge is 0.302 e. The van der Waals surface area contributed by atoms with Crippen LogP contribution in [0.2, 0.25) is 0 Å². The first-order chi connectivity index (χ1) is 14.8. The van der Waals surface area contributed by atoms with Crippen LogP contribution in [-0.2, 0) is 28.6 Å². The fraction of sp³-hybridized carbons (Fsp3) is 0.917. The van der Waals surface area contributed by atoms with E-state index >= 15 is 0 Å². The Balaban J connectivity index is 1.67. The third-order valence-corrected chi connectivity index (χ3v) is 10.4. The predicted octanol–water partition coefficient (Wildman–Crippen LogP) is 3.09. The Morgan fingerprint density at radius 1 is 1.03 bits per heavy atom. The van der Waals surface area contributed by atoms with Crippen molar-refractivity contribution in [1.29, 1.82) is 0 Å². The fourth-order valence-electron chi connectivity index (χ4n) is 8.49. The Hall–Kier alpha value is -0.990. The van der Waals surface area contributed by atoms with E-state index in [0.29, 0.717) is 18.8 Å². The number of hydrogen-bond acceptors (Lipinski definition) is 7. The Labute approximate surface area is 191 Å². The maximum absolute atomic E-state index is 12.6. The molecule has 0 aromatic carbocycles. The van der Waals surface area contributed by atoms with Crippen molar-refractivity contribution in [3.05, 3.63) is 0 Å². The summed E-state index contributed by atoms with van der Waals surface area (Å²) in [5, 5.41) is 11.5. The molecular weight excluding hydrogens is 432 g/mol. The monoisotopic (exact) mass is 470 g/mol. The number of ether oxygens (including phenoxy) is 1. The third-order valence-electron chi connectivity index (χ3n) is 9.81. The SMILES string of the molecule is CC(=O)OC1CC[C@@]2(C)C(CC[C@H]3[C@@H]4C(OS(C)(=O)=O)C[C@H](C(C)=O)[C@@]4(C)C(O)C[C@@H]32)C1. The molecule has 4 aliphatic carbocycles. The van der Waals surface area contributed by atoms with E-state index in [1.54, 1.807) is 6.92 Å². The number of hydrogen-bond donors (Lipinski definition) is 1. The van der Waals surface area contributed by atoms with Gasteiger partial charge in [-0.3, -0.25) is 13.8 Å². The molecular formula is C24H38O7S. The van der Waals surface area contributed by atoms with Gasteiger partial charge in [-0.2, -0.15) is 8.42 Å². The summed E-state index contributed by atoms with van der Waals surface area (Å²) in [4.78, 5) is 24.1. The lowest BCUT2D eigenvalue weighted by molar-refractivity contribution is -0.186. The van der Waals surface area contributed by atoms with Crippen molar-refractivity contribution in [2.75, 3.05) is 6.26 Å². The van der Waals surface area contributed by atoms with Crippen LogP contribution in [0.15, 0.2) is 0 Å². The quantitative estimate of drug-likeness (QED) is 0.497. The number of esters is 1. The molecule has 4 unspecified atom stereocenters. The molecule has 0 spiro atoms. The molecule has 4 fully saturated rings. The van der Waals surface area contributed by atoms with E-state index < -0.39 is 33.7 Å². The van der Waals surface area contributed by atoms with E-state index in [-0.39, 0.29) is 41.0 Å². The van der Waals surface area contributed by atoms with Gasteiger partial charge in [-0.15, -0.1) is 0 Å². The number of ketones is 1. The van der Waals surface area contributed by atoms with Gasteiger partial charge in [-0.05, 0) is 81.0 Å². The molecule has 0 radical (unpaired) electrons. The summed E-state index contributed by atoms with van der Waals surface area (Å²) in [6.45, 7) is 7.28. The normalized spacial score (nSPS) is 48.3. The molecule has 0 amide bonds. The molecule has 7 nitrogen and oxygen atoms in total. The molecule has 8 heteroatoms. The molecule has 0 aromatic heterocycles. The maximum atomic E-state index is 12.6. The summed E-state index contributed by atoms with van der Waals surface area (Å²) in [7, 11) is -3.69. The molecule has 4 aliphatic rings. The lowest BCUT2D eigenvalue weighted by Gasteiger charge is -2.62. The average molecular weight is 471 g/mol. The first-order valence-electron chi connectivity index (χ1n) is 12.0. The zero-order valence-corrected chi connectivity index (χ0v) is 20.7. The summed E-state index contributed by atoms with van der Waals surface area (Å²) >= 11 is 0. The number of carbonyl (C=O) groups excluding carboxylic acids is 2. The van der Waals surface area contributed by atoms with Crippen molar-refractivity contribution in [2.24, 2.45) is 40.4 Å². The Bertz CT molecular complexity index is 885. The molecule has 10 atom stereocenters. The number of aliphatic hydroxyl groups is 1. The molecule has 0 saturated heterocycles. The van der Waals surface area contributed by atoms with Crippen LogP contribution in [0.1, 0.15) is 72.6 Å². The second-order valence-electron chi connectivity index (χ2n) is 11.4. The topological polar surface area (TPSA) is 107 Å². The van der Waals surface area contributed by atoms with Gasteiger partial charge in [0.25, 0.3) is 10.1 Å². The number of aliphatic hydroxyl groups excluding tert-OH is 1. The number of Topliss-reactive ketones (excluding diaryl/α,β-unsaturated/α-hetero) is 1. The minimum Gasteiger partial charge on any atom is -0.463 e. The van der Waals surface area contributed by atoms with Gasteiger partial charge in [0.1, 0.15) is 11.9 Å². The lowest BCUT2D eigenvalue weighted by atomic mass is 9.44. The van der Waals surface area contributed by atoms with E-state index in [1.165, 1.54) is 6.92 Å². The Morgan fingerprint density at radius 2 is 1.72 bits per heavy atom. The highest BCUT2D eigenvalue weighted by atomic mass is 32.2. The standard InChI is InChI=1S/C24H38O7S/c1-13(25)18-11-20(31-32(5,28)29)22-17-7-6-15-10-16(30-14(2)26)8-9-23(15,3)19(17)12-21(27)24(18,22)4/h15-22,27H,6-12H2,1-5H3/t15?,16?,17-,18-,19+,20?,21?,22-,23+,24+/m1/s1. The Kier molecular flexibility index (Phi) is 6.07. The van der Waals surface area contributed by atoms with Gasteiger partial charge in [0.15, 0.2) is 0 Å². The summed E-state index contributed by atoms with van der Waals surface area (Å²) in [5.74, 6) is 0.00601. The van der Waals surface area contributed by atoms with E-state index in [2.05, 4.69) is 6.92 Å². The third kappa shape index (κ3) is 3.84. The fourth-order valence-corrected chi connectivity index (χ4v) is 9.14. The highest BCUT2D eigenvalue weighted by molar-refractivity contribution is 7.86. The van der Waals surface area contributed by atoms with Crippen LogP contribution in [-0.4, -0.2) is 49.8 Å². The highest BCUT2D eigenvalue weighted by Gasteiger charge is 2.67. The first-order valence-corrected chi connectivity index (χ1v) is 13.8. The van der Waals surface area contributed by atoms with Gasteiger partial charge in [0, 0.05) is 18.3 Å². The van der Waals surface area contributed by atoms with Crippen molar-refractivity contribution in [3.8, 4) is 0 Å². The molecule has 0 aliphatic heterocycles. The predicted molar refractivity (Wildman–Crippen MR) is 118 cm³/mol. The molecule has 182 valence electrons. The second-order valence-corrected chi connectivity index (χ2v) is 13.0. The summed E-state index contributed by atoms with van der Waals surface area (Å²) in [6, 6.07) is 0. The van der Waals surface area contributed by atoms with Crippen LogP contribution >= 0.6 is 0 Å². The van der Waals surface area contributed by atoms with Crippen molar-refractivity contribution < 1.29 is 32.0 Å². The summed E-state index contributed by atoms with van der Waals surface area (Å²) in [5.41, 5.74) is -0.688. The van der Waals surface area contributed by atoms with Crippen molar-refractivity contribution in [1.82, 2.24) is 0 Å². The first kappa shape index (κ1) is 24.1. The molecule has 1 N–H and O–H groups in total. The van der Waals surface area contributed by atoms with Crippen LogP contribution in [0.25, 0.3) is 0 Å². The zero-order valence-electron chi connectivity index (χ0n) is 19.9. The van der Waals surface area contributed by atoms with Crippen LogP contribution < -0.4 is 0 Å². The minimum absolute atomic E-state index is 0.00334. The van der Waals surface area contributed by atoms with Crippen LogP contribution in [0.5, 0.6) is 0 Å². The van der Waals surface area contributed by atoms with Crippen LogP contribution in [0, 0.1) is 40.4 Å². The molecule has 0 bridgehead atoms. The maximum Gasteiger partial charge on any atom is 0.302 e. The van der Waals surface area contributed by atoms with Gasteiger partial charge in [-0.1, -0.05) is 13.8 Å². The second kappa shape index (κ2) is 8.05. The Morgan fingerprint density at radius 3 is 2.31 bits per heavy atom. The largest absolute Gasteiger partial charge is 0.463 e. The average Bonchev–Trinajstić information content (AvgIpc) is 2.95. The summed E-state index contributed by atoms with van der Waals surface area (Å²) in [6.07, 6.45) is 5.20. The van der Waals surface area contributed by atoms with Crippen molar-refractivity contribution in [2.45, 2.75) is 91.0 Å². The molecule has 4 saturated carbocycles. The number of fused-ring (bicyclic) bond motifs is 5. The van der Waals surface area contributed by atoms with Gasteiger partial charge >= 0.3 is 5.97 Å². The van der Waals surface area contributed by atoms with E-state index in [0.717, 1.165) is 38.4 Å². The number of carbonyl (C=O) groups is 2. The minimum atomic E-state index is -3.69. The molecule has 0 heterocycles. The van der Waals surface area contributed by atoms with Gasteiger partial charge in [0.05, 0.1) is 18.5 Å². The van der Waals surface area contributed by atoms with Gasteiger partial charge in [-0.25, -0.2) is 0 Å². The zero-order chi connectivity index (χ0) is 23.6. The molecule has 0 aromatic rings. The van der Waals surface area contributed by atoms with E-state index in [9.17, 15) is 23.1 Å². The lowest BCUT2D eigenvalue weighted by Crippen LogP contribution is -2.60. The molecule has 4 rings (SSSR count). The van der Waals surface area contributed by atoms with Gasteiger partial charge < -0.3 is 9.84 Å². The van der Waals surface area contributed by atoms with Crippen LogP contribution in [0.4, 0.5) is 0 Å². The van der Waals surface area contributed by atoms with E-state index in [4.69, 9.17) is 8.92 Å². The van der Waals surface area contributed by atoms with Gasteiger partial charge in [0.2, 0.25) is 0 Å². The van der Waals surface area contributed by atoms with Crippen LogP contribution in [0.3, 0.4) is 0 Å². The highest BCUT2D eigenvalue weighted by Crippen LogP contribution is 2.68. The van der Waals surface area contributed by atoms with Crippen molar-refractivity contribution in [3.63, 3.8) is 0 Å².